The van der Waals surface area contributed by atoms with E-state index in [9.17, 15) is 13.9 Å². The molecule has 0 saturated carbocycles. The van der Waals surface area contributed by atoms with Crippen molar-refractivity contribution in [2.24, 2.45) is 0 Å². The van der Waals surface area contributed by atoms with Gasteiger partial charge in [0.05, 0.1) is 6.10 Å². The van der Waals surface area contributed by atoms with Crippen molar-refractivity contribution in [3.8, 4) is 0 Å². The molecule has 100 valence electrons. The maximum Gasteiger partial charge on any atom is 0.159 e. The van der Waals surface area contributed by atoms with E-state index in [0.717, 1.165) is 23.4 Å². The fraction of sp³-hybridized carbons (Fsp3) is 0.200. The van der Waals surface area contributed by atoms with Crippen molar-refractivity contribution >= 4 is 5.69 Å². The number of benzene rings is 2. The summed E-state index contributed by atoms with van der Waals surface area (Å²) in [6.45, 7) is 2.22. The van der Waals surface area contributed by atoms with Gasteiger partial charge in [-0.2, -0.15) is 0 Å². The molecule has 0 bridgehead atoms. The highest BCUT2D eigenvalue weighted by Crippen LogP contribution is 2.17. The van der Waals surface area contributed by atoms with Gasteiger partial charge in [0.25, 0.3) is 0 Å². The minimum absolute atomic E-state index is 0.230. The molecule has 0 saturated heterocycles. The number of rotatable bonds is 4. The van der Waals surface area contributed by atoms with Gasteiger partial charge in [0.2, 0.25) is 0 Å². The number of aliphatic hydroxyl groups is 1. The first-order valence-corrected chi connectivity index (χ1v) is 6.00. The van der Waals surface area contributed by atoms with Crippen LogP contribution in [0.3, 0.4) is 0 Å². The SMILES string of the molecule is Cc1ccc(NCC(O)c2ccc(F)c(F)c2)cc1. The van der Waals surface area contributed by atoms with Gasteiger partial charge in [-0.05, 0) is 36.8 Å². The molecule has 0 aliphatic rings. The van der Waals surface area contributed by atoms with E-state index in [4.69, 9.17) is 0 Å². The van der Waals surface area contributed by atoms with Crippen LogP contribution < -0.4 is 5.32 Å². The zero-order valence-corrected chi connectivity index (χ0v) is 10.5. The second-order valence-electron chi connectivity index (χ2n) is 4.44. The average molecular weight is 263 g/mol. The molecule has 0 aliphatic carbocycles. The van der Waals surface area contributed by atoms with Crippen LogP contribution in [0.15, 0.2) is 42.5 Å². The van der Waals surface area contributed by atoms with Crippen LogP contribution in [0.1, 0.15) is 17.2 Å². The predicted octanol–water partition coefficient (Wildman–Crippen LogP) is 3.42. The Bertz CT molecular complexity index is 555. The molecular formula is C15H15F2NO. The first-order chi connectivity index (χ1) is 9.06. The van der Waals surface area contributed by atoms with Crippen LogP contribution in [0.4, 0.5) is 14.5 Å². The van der Waals surface area contributed by atoms with E-state index >= 15 is 0 Å². The highest BCUT2D eigenvalue weighted by Gasteiger charge is 2.10. The molecule has 0 spiro atoms. The molecule has 2 aromatic carbocycles. The van der Waals surface area contributed by atoms with Crippen LogP contribution in [0.2, 0.25) is 0 Å². The number of aliphatic hydroxyl groups excluding tert-OH is 1. The number of aryl methyl sites for hydroxylation is 1. The minimum atomic E-state index is -0.952. The summed E-state index contributed by atoms with van der Waals surface area (Å²) < 4.78 is 25.8. The number of anilines is 1. The maximum atomic E-state index is 13.0. The molecule has 0 aromatic heterocycles. The molecule has 4 heteroatoms. The smallest absolute Gasteiger partial charge is 0.159 e. The van der Waals surface area contributed by atoms with Gasteiger partial charge in [-0.1, -0.05) is 23.8 Å². The van der Waals surface area contributed by atoms with Crippen molar-refractivity contribution in [1.82, 2.24) is 0 Å². The van der Waals surface area contributed by atoms with Crippen LogP contribution in [0.25, 0.3) is 0 Å². The Labute approximate surface area is 110 Å². The lowest BCUT2D eigenvalue weighted by Crippen LogP contribution is -2.12. The third kappa shape index (κ3) is 3.51. The van der Waals surface area contributed by atoms with Gasteiger partial charge in [-0.3, -0.25) is 0 Å². The Kier molecular flexibility index (Phi) is 4.12. The van der Waals surface area contributed by atoms with Gasteiger partial charge in [0, 0.05) is 12.2 Å². The fourth-order valence-electron chi connectivity index (χ4n) is 1.72. The molecule has 2 rings (SSSR count). The standard InChI is InChI=1S/C15H15F2NO/c1-10-2-5-12(6-3-10)18-9-15(19)11-4-7-13(16)14(17)8-11/h2-8,15,18-19H,9H2,1H3. The third-order valence-electron chi connectivity index (χ3n) is 2.88. The van der Waals surface area contributed by atoms with Crippen LogP contribution in [0, 0.1) is 18.6 Å². The van der Waals surface area contributed by atoms with Gasteiger partial charge < -0.3 is 10.4 Å². The molecule has 0 fully saturated rings. The Balaban J connectivity index is 1.98. The first-order valence-electron chi connectivity index (χ1n) is 6.00. The normalized spacial score (nSPS) is 12.2. The summed E-state index contributed by atoms with van der Waals surface area (Å²) in [6.07, 6.45) is -0.892. The molecule has 0 amide bonds. The van der Waals surface area contributed by atoms with Gasteiger partial charge in [-0.15, -0.1) is 0 Å². The molecule has 19 heavy (non-hydrogen) atoms. The Morgan fingerprint density at radius 2 is 1.74 bits per heavy atom. The van der Waals surface area contributed by atoms with Crippen molar-refractivity contribution in [1.29, 1.82) is 0 Å². The number of nitrogens with one attached hydrogen (secondary N) is 1. The van der Waals surface area contributed by atoms with E-state index in [0.29, 0.717) is 5.56 Å². The van der Waals surface area contributed by atoms with Crippen LogP contribution >= 0.6 is 0 Å². The zero-order valence-electron chi connectivity index (χ0n) is 10.5. The fourth-order valence-corrected chi connectivity index (χ4v) is 1.72. The Morgan fingerprint density at radius 1 is 1.05 bits per heavy atom. The van der Waals surface area contributed by atoms with Crippen molar-refractivity contribution in [3.63, 3.8) is 0 Å². The van der Waals surface area contributed by atoms with E-state index in [1.807, 2.05) is 31.2 Å². The zero-order chi connectivity index (χ0) is 13.8. The summed E-state index contributed by atoms with van der Waals surface area (Å²) in [7, 11) is 0. The molecule has 2 N–H and O–H groups in total. The van der Waals surface area contributed by atoms with E-state index in [1.165, 1.54) is 6.07 Å². The molecule has 2 nitrogen and oxygen atoms in total. The lowest BCUT2D eigenvalue weighted by Gasteiger charge is -2.13. The van der Waals surface area contributed by atoms with Gasteiger partial charge in [0.15, 0.2) is 11.6 Å². The minimum Gasteiger partial charge on any atom is -0.387 e. The highest BCUT2D eigenvalue weighted by molar-refractivity contribution is 5.44. The van der Waals surface area contributed by atoms with Gasteiger partial charge >= 0.3 is 0 Å². The Morgan fingerprint density at radius 3 is 2.37 bits per heavy atom. The summed E-state index contributed by atoms with van der Waals surface area (Å²) in [5, 5.41) is 12.9. The maximum absolute atomic E-state index is 13.0. The summed E-state index contributed by atoms with van der Waals surface area (Å²) in [5.74, 6) is -1.87. The number of hydrogen-bond donors (Lipinski definition) is 2. The lowest BCUT2D eigenvalue weighted by atomic mass is 10.1. The molecule has 1 unspecified atom stereocenters. The average Bonchev–Trinajstić information content (AvgIpc) is 2.41. The summed E-state index contributed by atoms with van der Waals surface area (Å²) in [4.78, 5) is 0. The quantitative estimate of drug-likeness (QED) is 0.886. The lowest BCUT2D eigenvalue weighted by molar-refractivity contribution is 0.191. The van der Waals surface area contributed by atoms with E-state index < -0.39 is 17.7 Å². The van der Waals surface area contributed by atoms with E-state index in [-0.39, 0.29) is 6.54 Å². The molecule has 1 atom stereocenters. The molecular weight excluding hydrogens is 248 g/mol. The highest BCUT2D eigenvalue weighted by atomic mass is 19.2. The summed E-state index contributed by atoms with van der Waals surface area (Å²) >= 11 is 0. The number of halogens is 2. The topological polar surface area (TPSA) is 32.3 Å². The third-order valence-corrected chi connectivity index (χ3v) is 2.88. The summed E-state index contributed by atoms with van der Waals surface area (Å²) in [6, 6.07) is 11.1. The van der Waals surface area contributed by atoms with Gasteiger partial charge in [0.1, 0.15) is 0 Å². The molecule has 0 heterocycles. The first kappa shape index (κ1) is 13.5. The van der Waals surface area contributed by atoms with Crippen LogP contribution in [0.5, 0.6) is 0 Å². The summed E-state index contributed by atoms with van der Waals surface area (Å²) in [5.41, 5.74) is 2.36. The van der Waals surface area contributed by atoms with Crippen molar-refractivity contribution in [2.45, 2.75) is 13.0 Å². The molecule has 2 aromatic rings. The molecule has 0 radical (unpaired) electrons. The molecule has 0 aliphatic heterocycles. The second kappa shape index (κ2) is 5.80. The Hall–Kier alpha value is -1.94. The second-order valence-corrected chi connectivity index (χ2v) is 4.44. The van der Waals surface area contributed by atoms with Crippen molar-refractivity contribution < 1.29 is 13.9 Å². The van der Waals surface area contributed by atoms with Crippen LogP contribution in [-0.2, 0) is 0 Å². The van der Waals surface area contributed by atoms with Crippen LogP contribution in [-0.4, -0.2) is 11.7 Å². The van der Waals surface area contributed by atoms with Crippen molar-refractivity contribution in [2.75, 3.05) is 11.9 Å². The number of hydrogen-bond acceptors (Lipinski definition) is 2. The monoisotopic (exact) mass is 263 g/mol. The van der Waals surface area contributed by atoms with Gasteiger partial charge in [-0.25, -0.2) is 8.78 Å². The largest absolute Gasteiger partial charge is 0.387 e. The predicted molar refractivity (Wildman–Crippen MR) is 71.0 cm³/mol. The van der Waals surface area contributed by atoms with E-state index in [2.05, 4.69) is 5.32 Å². The van der Waals surface area contributed by atoms with Crippen molar-refractivity contribution in [3.05, 3.63) is 65.2 Å². The van der Waals surface area contributed by atoms with E-state index in [1.54, 1.807) is 0 Å².